The van der Waals surface area contributed by atoms with Crippen molar-refractivity contribution in [3.63, 3.8) is 0 Å². The molecular formula is C15H24N4O2. The number of pyridine rings is 1. The summed E-state index contributed by atoms with van der Waals surface area (Å²) in [5.74, 6) is 1.01. The first-order valence-corrected chi connectivity index (χ1v) is 7.33. The first-order valence-electron chi connectivity index (χ1n) is 7.33. The van der Waals surface area contributed by atoms with Gasteiger partial charge in [0, 0.05) is 46.3 Å². The summed E-state index contributed by atoms with van der Waals surface area (Å²) in [6, 6.07) is 3.78. The zero-order valence-electron chi connectivity index (χ0n) is 12.8. The van der Waals surface area contributed by atoms with E-state index in [0.29, 0.717) is 18.8 Å². The highest BCUT2D eigenvalue weighted by Crippen LogP contribution is 2.17. The van der Waals surface area contributed by atoms with Crippen molar-refractivity contribution in [2.45, 2.75) is 13.3 Å². The molecule has 116 valence electrons. The average molecular weight is 292 g/mol. The van der Waals surface area contributed by atoms with Crippen LogP contribution < -0.4 is 10.6 Å². The number of piperazine rings is 1. The molecule has 1 saturated heterocycles. The third-order valence-electron chi connectivity index (χ3n) is 3.74. The number of nitrogens with zero attached hydrogens (tertiary/aromatic N) is 3. The fourth-order valence-electron chi connectivity index (χ4n) is 2.57. The van der Waals surface area contributed by atoms with E-state index in [1.165, 1.54) is 0 Å². The molecule has 0 spiro atoms. The summed E-state index contributed by atoms with van der Waals surface area (Å²) in [5.41, 5.74) is 6.66. The monoisotopic (exact) mass is 292 g/mol. The van der Waals surface area contributed by atoms with Crippen molar-refractivity contribution >= 4 is 17.4 Å². The number of aromatic nitrogens is 1. The van der Waals surface area contributed by atoms with Crippen molar-refractivity contribution in [1.82, 2.24) is 9.88 Å². The van der Waals surface area contributed by atoms with Crippen LogP contribution in [0.15, 0.2) is 18.3 Å². The molecule has 2 rings (SSSR count). The van der Waals surface area contributed by atoms with Crippen molar-refractivity contribution < 1.29 is 9.53 Å². The van der Waals surface area contributed by atoms with Crippen LogP contribution in [0, 0.1) is 5.92 Å². The van der Waals surface area contributed by atoms with E-state index < -0.39 is 0 Å². The molecule has 1 aromatic heterocycles. The summed E-state index contributed by atoms with van der Waals surface area (Å²) in [7, 11) is 1.67. The molecule has 0 radical (unpaired) electrons. The predicted molar refractivity (Wildman–Crippen MR) is 83.1 cm³/mol. The van der Waals surface area contributed by atoms with Crippen LogP contribution in [0.4, 0.5) is 11.5 Å². The first kappa shape index (κ1) is 15.6. The molecule has 1 aliphatic heterocycles. The Hall–Kier alpha value is -1.82. The van der Waals surface area contributed by atoms with E-state index in [4.69, 9.17) is 10.5 Å². The third kappa shape index (κ3) is 4.32. The van der Waals surface area contributed by atoms with Gasteiger partial charge in [-0.1, -0.05) is 6.92 Å². The van der Waals surface area contributed by atoms with Crippen LogP contribution in [0.2, 0.25) is 0 Å². The molecule has 0 aromatic carbocycles. The van der Waals surface area contributed by atoms with Crippen LogP contribution in [0.5, 0.6) is 0 Å². The summed E-state index contributed by atoms with van der Waals surface area (Å²) in [6.07, 6.45) is 2.34. The van der Waals surface area contributed by atoms with Crippen molar-refractivity contribution in [2.75, 3.05) is 50.5 Å². The maximum atomic E-state index is 12.2. The van der Waals surface area contributed by atoms with Crippen molar-refractivity contribution in [1.29, 1.82) is 0 Å². The van der Waals surface area contributed by atoms with Gasteiger partial charge in [-0.25, -0.2) is 4.98 Å². The van der Waals surface area contributed by atoms with Crippen LogP contribution in [0.1, 0.15) is 13.3 Å². The number of methoxy groups -OCH3 is 1. The second-order valence-corrected chi connectivity index (χ2v) is 5.57. The lowest BCUT2D eigenvalue weighted by atomic mass is 10.1. The van der Waals surface area contributed by atoms with Gasteiger partial charge < -0.3 is 20.3 Å². The Morgan fingerprint density at radius 2 is 2.10 bits per heavy atom. The first-order chi connectivity index (χ1) is 10.1. The van der Waals surface area contributed by atoms with Gasteiger partial charge in [0.05, 0.1) is 11.9 Å². The van der Waals surface area contributed by atoms with Gasteiger partial charge in [0.2, 0.25) is 5.91 Å². The second-order valence-electron chi connectivity index (χ2n) is 5.57. The lowest BCUT2D eigenvalue weighted by Gasteiger charge is -2.36. The Kier molecular flexibility index (Phi) is 5.38. The number of carbonyl (C=O) groups excluding carboxylic acids is 1. The minimum atomic E-state index is 0.217. The summed E-state index contributed by atoms with van der Waals surface area (Å²) >= 11 is 0. The molecule has 2 heterocycles. The Balaban J connectivity index is 1.82. The van der Waals surface area contributed by atoms with Crippen molar-refractivity contribution in [3.8, 4) is 0 Å². The van der Waals surface area contributed by atoms with Crippen LogP contribution >= 0.6 is 0 Å². The molecule has 1 aliphatic rings. The summed E-state index contributed by atoms with van der Waals surface area (Å²) in [4.78, 5) is 20.5. The van der Waals surface area contributed by atoms with Gasteiger partial charge in [-0.2, -0.15) is 0 Å². The molecule has 1 amide bonds. The predicted octanol–water partition coefficient (Wildman–Crippen LogP) is 0.985. The van der Waals surface area contributed by atoms with E-state index in [1.54, 1.807) is 19.4 Å². The lowest BCUT2D eigenvalue weighted by Crippen LogP contribution is -2.49. The molecule has 1 fully saturated rings. The molecular weight excluding hydrogens is 268 g/mol. The van der Waals surface area contributed by atoms with E-state index in [2.05, 4.69) is 9.88 Å². The SMILES string of the molecule is COCC(C)CC(=O)N1CCN(c2ccc(N)nc2)CC1. The molecule has 1 unspecified atom stereocenters. The molecule has 1 aromatic rings. The highest BCUT2D eigenvalue weighted by atomic mass is 16.5. The highest BCUT2D eigenvalue weighted by molar-refractivity contribution is 5.76. The van der Waals surface area contributed by atoms with E-state index in [9.17, 15) is 4.79 Å². The third-order valence-corrected chi connectivity index (χ3v) is 3.74. The van der Waals surface area contributed by atoms with Gasteiger partial charge in [0.1, 0.15) is 5.82 Å². The topological polar surface area (TPSA) is 71.7 Å². The maximum absolute atomic E-state index is 12.2. The summed E-state index contributed by atoms with van der Waals surface area (Å²) < 4.78 is 5.08. The van der Waals surface area contributed by atoms with E-state index >= 15 is 0 Å². The van der Waals surface area contributed by atoms with Crippen molar-refractivity contribution in [2.24, 2.45) is 5.92 Å². The maximum Gasteiger partial charge on any atom is 0.223 e. The number of nitrogen functional groups attached to an aromatic ring is 1. The normalized spacial score (nSPS) is 16.9. The highest BCUT2D eigenvalue weighted by Gasteiger charge is 2.22. The smallest absolute Gasteiger partial charge is 0.223 e. The van der Waals surface area contributed by atoms with E-state index in [0.717, 1.165) is 31.9 Å². The van der Waals surface area contributed by atoms with Gasteiger partial charge in [0.25, 0.3) is 0 Å². The standard InChI is InChI=1S/C15H24N4O2/c1-12(11-21-2)9-15(20)19-7-5-18(6-8-19)13-3-4-14(16)17-10-13/h3-4,10,12H,5-9,11H2,1-2H3,(H2,16,17). The van der Waals surface area contributed by atoms with Crippen molar-refractivity contribution in [3.05, 3.63) is 18.3 Å². The number of nitrogens with two attached hydrogens (primary N) is 1. The van der Waals surface area contributed by atoms with Crippen LogP contribution in [-0.4, -0.2) is 55.7 Å². The molecule has 0 bridgehead atoms. The fraction of sp³-hybridized carbons (Fsp3) is 0.600. The minimum absolute atomic E-state index is 0.217. The zero-order valence-corrected chi connectivity index (χ0v) is 12.8. The number of hydrogen-bond acceptors (Lipinski definition) is 5. The Morgan fingerprint density at radius 1 is 1.38 bits per heavy atom. The largest absolute Gasteiger partial charge is 0.384 e. The number of rotatable bonds is 5. The number of carbonyl (C=O) groups is 1. The Labute approximate surface area is 125 Å². The molecule has 21 heavy (non-hydrogen) atoms. The second kappa shape index (κ2) is 7.26. The molecule has 0 saturated carbocycles. The van der Waals surface area contributed by atoms with Gasteiger partial charge in [-0.15, -0.1) is 0 Å². The molecule has 2 N–H and O–H groups in total. The molecule has 6 heteroatoms. The quantitative estimate of drug-likeness (QED) is 0.876. The Morgan fingerprint density at radius 3 is 2.67 bits per heavy atom. The van der Waals surface area contributed by atoms with Crippen LogP contribution in [-0.2, 0) is 9.53 Å². The zero-order chi connectivity index (χ0) is 15.2. The van der Waals surface area contributed by atoms with Gasteiger partial charge in [-0.05, 0) is 18.1 Å². The Bertz CT molecular complexity index is 455. The van der Waals surface area contributed by atoms with E-state index in [-0.39, 0.29) is 11.8 Å². The number of hydrogen-bond donors (Lipinski definition) is 1. The fourth-order valence-corrected chi connectivity index (χ4v) is 2.57. The average Bonchev–Trinajstić information content (AvgIpc) is 2.48. The lowest BCUT2D eigenvalue weighted by molar-refractivity contribution is -0.132. The number of anilines is 2. The van der Waals surface area contributed by atoms with Gasteiger partial charge in [-0.3, -0.25) is 4.79 Å². The van der Waals surface area contributed by atoms with E-state index in [1.807, 2.05) is 17.9 Å². The number of amides is 1. The molecule has 0 aliphatic carbocycles. The molecule has 6 nitrogen and oxygen atoms in total. The summed E-state index contributed by atoms with van der Waals surface area (Å²) in [6.45, 7) is 5.83. The van der Waals surface area contributed by atoms with Gasteiger partial charge in [0.15, 0.2) is 0 Å². The minimum Gasteiger partial charge on any atom is -0.384 e. The van der Waals surface area contributed by atoms with Crippen LogP contribution in [0.25, 0.3) is 0 Å². The number of ether oxygens (including phenoxy) is 1. The molecule has 1 atom stereocenters. The van der Waals surface area contributed by atoms with Gasteiger partial charge >= 0.3 is 0 Å². The summed E-state index contributed by atoms with van der Waals surface area (Å²) in [5, 5.41) is 0. The van der Waals surface area contributed by atoms with Crippen LogP contribution in [0.3, 0.4) is 0 Å².